The summed E-state index contributed by atoms with van der Waals surface area (Å²) in [4.78, 5) is 33.5. The maximum atomic E-state index is 13.3. The Morgan fingerprint density at radius 3 is 2.74 bits per heavy atom. The first-order chi connectivity index (χ1) is 16.3. The average molecular weight is 469 g/mol. The van der Waals surface area contributed by atoms with Crippen LogP contribution in [-0.2, 0) is 16.1 Å². The van der Waals surface area contributed by atoms with E-state index in [9.17, 15) is 9.59 Å². The van der Waals surface area contributed by atoms with Gasteiger partial charge in [-0.25, -0.2) is 0 Å². The minimum Gasteiger partial charge on any atom is -0.491 e. The van der Waals surface area contributed by atoms with Gasteiger partial charge in [-0.2, -0.15) is 0 Å². The fraction of sp³-hybridized carbons (Fsp3) is 0.500. The largest absolute Gasteiger partial charge is 0.491 e. The number of rotatable bonds is 5. The summed E-state index contributed by atoms with van der Waals surface area (Å²) in [7, 11) is 3.47. The number of methoxy groups -OCH3 is 1. The third-order valence-corrected chi connectivity index (χ3v) is 6.29. The van der Waals surface area contributed by atoms with Gasteiger partial charge in [-0.05, 0) is 36.6 Å². The van der Waals surface area contributed by atoms with Crippen molar-refractivity contribution < 1.29 is 19.1 Å². The highest BCUT2D eigenvalue weighted by atomic mass is 16.5. The van der Waals surface area contributed by atoms with Crippen LogP contribution in [0.5, 0.6) is 5.75 Å². The van der Waals surface area contributed by atoms with Gasteiger partial charge in [0.2, 0.25) is 5.91 Å². The van der Waals surface area contributed by atoms with Crippen LogP contribution in [0.4, 0.5) is 5.69 Å². The Hall–Kier alpha value is -2.97. The van der Waals surface area contributed by atoms with Gasteiger partial charge in [0.15, 0.2) is 0 Å². The second-order valence-corrected chi connectivity index (χ2v) is 9.00. The number of nitrogens with zero attached hydrogens (tertiary/aromatic N) is 3. The zero-order valence-electron chi connectivity index (χ0n) is 20.8. The van der Waals surface area contributed by atoms with Gasteiger partial charge in [0.05, 0.1) is 11.7 Å². The first-order valence-corrected chi connectivity index (χ1v) is 11.8. The van der Waals surface area contributed by atoms with Crippen molar-refractivity contribution in [2.45, 2.75) is 45.9 Å². The highest BCUT2D eigenvalue weighted by Gasteiger charge is 2.28. The Morgan fingerprint density at radius 1 is 1.26 bits per heavy atom. The maximum absolute atomic E-state index is 13.3. The van der Waals surface area contributed by atoms with E-state index in [2.05, 4.69) is 35.1 Å². The number of likely N-dealkylation sites (N-methyl/N-ethyl adjacent to an activating group) is 1. The molecule has 3 atom stereocenters. The SMILES string of the molecule is CCC(=O)Nc1ccc2c(c1)OC[C@H](C)N(Cc1cccnc1)C[C@@H](C)[C@@H](OC)CN(C)C2=O. The van der Waals surface area contributed by atoms with Gasteiger partial charge < -0.3 is 19.7 Å². The zero-order chi connectivity index (χ0) is 24.7. The molecule has 34 heavy (non-hydrogen) atoms. The predicted octanol–water partition coefficient (Wildman–Crippen LogP) is 3.44. The van der Waals surface area contributed by atoms with Crippen LogP contribution in [-0.4, -0.2) is 72.6 Å². The lowest BCUT2D eigenvalue weighted by molar-refractivity contribution is -0.115. The number of pyridine rings is 1. The van der Waals surface area contributed by atoms with Crippen molar-refractivity contribution in [2.24, 2.45) is 5.92 Å². The van der Waals surface area contributed by atoms with Gasteiger partial charge in [0.1, 0.15) is 12.4 Å². The molecule has 8 nitrogen and oxygen atoms in total. The molecule has 0 aliphatic carbocycles. The van der Waals surface area contributed by atoms with Crippen molar-refractivity contribution in [3.05, 3.63) is 53.9 Å². The van der Waals surface area contributed by atoms with Crippen LogP contribution in [0.3, 0.4) is 0 Å². The van der Waals surface area contributed by atoms with Crippen LogP contribution in [0.2, 0.25) is 0 Å². The highest BCUT2D eigenvalue weighted by molar-refractivity contribution is 5.98. The summed E-state index contributed by atoms with van der Waals surface area (Å²) in [6.45, 7) is 8.42. The van der Waals surface area contributed by atoms with Crippen LogP contribution in [0.25, 0.3) is 0 Å². The summed E-state index contributed by atoms with van der Waals surface area (Å²) in [6.07, 6.45) is 3.90. The van der Waals surface area contributed by atoms with Gasteiger partial charge in [0.25, 0.3) is 5.91 Å². The van der Waals surface area contributed by atoms with Crippen LogP contribution in [0.15, 0.2) is 42.7 Å². The smallest absolute Gasteiger partial charge is 0.257 e. The summed E-state index contributed by atoms with van der Waals surface area (Å²) in [5.74, 6) is 0.411. The normalized spacial score (nSPS) is 22.2. The lowest BCUT2D eigenvalue weighted by Crippen LogP contribution is -2.46. The Bertz CT molecular complexity index is 969. The fourth-order valence-electron chi connectivity index (χ4n) is 4.12. The van der Waals surface area contributed by atoms with Gasteiger partial charge in [-0.3, -0.25) is 19.5 Å². The number of hydrogen-bond donors (Lipinski definition) is 1. The molecule has 1 aromatic heterocycles. The van der Waals surface area contributed by atoms with Crippen LogP contribution >= 0.6 is 0 Å². The second-order valence-electron chi connectivity index (χ2n) is 9.00. The summed E-state index contributed by atoms with van der Waals surface area (Å²) in [6, 6.07) is 9.26. The van der Waals surface area contributed by atoms with E-state index in [4.69, 9.17) is 9.47 Å². The van der Waals surface area contributed by atoms with E-state index in [1.165, 1.54) is 0 Å². The first kappa shape index (κ1) is 25.6. The molecule has 2 amide bonds. The van der Waals surface area contributed by atoms with Crippen LogP contribution in [0, 0.1) is 5.92 Å². The molecule has 2 heterocycles. The second kappa shape index (κ2) is 11.9. The van der Waals surface area contributed by atoms with Crippen molar-refractivity contribution in [2.75, 3.05) is 39.2 Å². The fourth-order valence-corrected chi connectivity index (χ4v) is 4.12. The average Bonchev–Trinajstić information content (AvgIpc) is 2.84. The quantitative estimate of drug-likeness (QED) is 0.724. The molecule has 1 N–H and O–H groups in total. The predicted molar refractivity (Wildman–Crippen MR) is 132 cm³/mol. The van der Waals surface area contributed by atoms with Crippen molar-refractivity contribution in [3.8, 4) is 5.75 Å². The molecule has 0 saturated carbocycles. The molecular formula is C26H36N4O4. The van der Waals surface area contributed by atoms with E-state index in [0.29, 0.717) is 36.6 Å². The van der Waals surface area contributed by atoms with E-state index in [0.717, 1.165) is 18.7 Å². The Labute approximate surface area is 202 Å². The molecule has 0 fully saturated rings. The third kappa shape index (κ3) is 6.55. The molecular weight excluding hydrogens is 432 g/mol. The number of hydrogen-bond acceptors (Lipinski definition) is 6. The molecule has 1 aliphatic heterocycles. The van der Waals surface area contributed by atoms with Crippen LogP contribution < -0.4 is 10.1 Å². The van der Waals surface area contributed by atoms with Crippen molar-refractivity contribution >= 4 is 17.5 Å². The Balaban J connectivity index is 1.94. The number of fused-ring (bicyclic) bond motifs is 1. The number of carbonyl (C=O) groups excluding carboxylic acids is 2. The number of anilines is 1. The summed E-state index contributed by atoms with van der Waals surface area (Å²) in [5.41, 5.74) is 2.20. The molecule has 0 bridgehead atoms. The molecule has 1 aliphatic rings. The number of carbonyl (C=O) groups is 2. The molecule has 0 spiro atoms. The van der Waals surface area contributed by atoms with Gasteiger partial charge in [0, 0.05) is 70.4 Å². The monoisotopic (exact) mass is 468 g/mol. The minimum atomic E-state index is -0.141. The molecule has 1 aromatic carbocycles. The molecule has 184 valence electrons. The molecule has 0 saturated heterocycles. The standard InChI is InChI=1S/C26H36N4O4/c1-6-25(31)28-21-9-10-22-23(12-21)34-17-19(3)30(15-20-8-7-11-27-13-20)14-18(2)24(33-5)16-29(4)26(22)32/h7-13,18-19,24H,6,14-17H2,1-5H3,(H,28,31)/t18-,19+,24+/m1/s1. The number of aromatic nitrogens is 1. The van der Waals surface area contributed by atoms with Crippen LogP contribution in [0.1, 0.15) is 43.1 Å². The third-order valence-electron chi connectivity index (χ3n) is 6.29. The molecule has 2 aromatic rings. The Morgan fingerprint density at radius 2 is 2.06 bits per heavy atom. The lowest BCUT2D eigenvalue weighted by atomic mass is 10.0. The van der Waals surface area contributed by atoms with Gasteiger partial charge >= 0.3 is 0 Å². The van der Waals surface area contributed by atoms with Crippen molar-refractivity contribution in [1.82, 2.24) is 14.8 Å². The Kier molecular flexibility index (Phi) is 9.01. The van der Waals surface area contributed by atoms with E-state index in [1.807, 2.05) is 12.3 Å². The molecule has 0 unspecified atom stereocenters. The van der Waals surface area contributed by atoms with E-state index < -0.39 is 0 Å². The number of amides is 2. The molecule has 0 radical (unpaired) electrons. The number of ether oxygens (including phenoxy) is 2. The lowest BCUT2D eigenvalue weighted by Gasteiger charge is -2.36. The molecule has 3 rings (SSSR count). The maximum Gasteiger partial charge on any atom is 0.257 e. The highest BCUT2D eigenvalue weighted by Crippen LogP contribution is 2.27. The minimum absolute atomic E-state index is 0.0640. The van der Waals surface area contributed by atoms with E-state index in [1.54, 1.807) is 50.4 Å². The van der Waals surface area contributed by atoms with Gasteiger partial charge in [-0.15, -0.1) is 0 Å². The first-order valence-electron chi connectivity index (χ1n) is 11.8. The number of nitrogens with one attached hydrogen (secondary N) is 1. The summed E-state index contributed by atoms with van der Waals surface area (Å²) < 4.78 is 12.0. The van der Waals surface area contributed by atoms with Crippen molar-refractivity contribution in [1.29, 1.82) is 0 Å². The summed E-state index contributed by atoms with van der Waals surface area (Å²) in [5, 5.41) is 2.85. The van der Waals surface area contributed by atoms with E-state index >= 15 is 0 Å². The zero-order valence-corrected chi connectivity index (χ0v) is 20.8. The molecule has 8 heteroatoms. The van der Waals surface area contributed by atoms with E-state index in [-0.39, 0.29) is 29.9 Å². The topological polar surface area (TPSA) is 84.0 Å². The van der Waals surface area contributed by atoms with Gasteiger partial charge in [-0.1, -0.05) is 19.9 Å². The number of benzene rings is 1. The summed E-state index contributed by atoms with van der Waals surface area (Å²) >= 11 is 0. The van der Waals surface area contributed by atoms with Crippen molar-refractivity contribution in [3.63, 3.8) is 0 Å².